The average molecular weight is 399 g/mol. The first-order valence-electron chi connectivity index (χ1n) is 9.70. The van der Waals surface area contributed by atoms with Crippen LogP contribution < -0.4 is 10.2 Å². The van der Waals surface area contributed by atoms with Crippen molar-refractivity contribution >= 4 is 23.0 Å². The minimum Gasteiger partial charge on any atom is -0.346 e. The van der Waals surface area contributed by atoms with Crippen molar-refractivity contribution in [2.24, 2.45) is 0 Å². The lowest BCUT2D eigenvalue weighted by atomic mass is 10.2. The number of para-hydroxylation sites is 1. The molecule has 150 valence electrons. The van der Waals surface area contributed by atoms with Crippen molar-refractivity contribution in [1.29, 1.82) is 0 Å². The van der Waals surface area contributed by atoms with Crippen molar-refractivity contribution < 1.29 is 9.59 Å². The van der Waals surface area contributed by atoms with Crippen LogP contribution in [0.5, 0.6) is 0 Å². The minimum atomic E-state index is -0.343. The summed E-state index contributed by atoms with van der Waals surface area (Å²) < 4.78 is 1.66. The number of rotatable bonds is 6. The molecule has 0 atom stereocenters. The molecule has 1 aromatic carbocycles. The van der Waals surface area contributed by atoms with Gasteiger partial charge in [0.2, 0.25) is 5.82 Å². The molecule has 1 N–H and O–H groups in total. The van der Waals surface area contributed by atoms with E-state index in [1.807, 2.05) is 61.5 Å². The lowest BCUT2D eigenvalue weighted by molar-refractivity contribution is 0.0948. The molecule has 0 bridgehead atoms. The van der Waals surface area contributed by atoms with Gasteiger partial charge < -0.3 is 10.2 Å². The molecular weight excluding hydrogens is 378 g/mol. The van der Waals surface area contributed by atoms with Gasteiger partial charge >= 0.3 is 0 Å². The Morgan fingerprint density at radius 2 is 1.83 bits per heavy atom. The molecule has 7 heteroatoms. The predicted molar refractivity (Wildman–Crippen MR) is 114 cm³/mol. The van der Waals surface area contributed by atoms with Crippen LogP contribution in [0.2, 0.25) is 0 Å². The molecule has 0 aliphatic carbocycles. The zero-order chi connectivity index (χ0) is 20.9. The molecule has 4 rings (SSSR count). The summed E-state index contributed by atoms with van der Waals surface area (Å²) in [6.07, 6.45) is 5.12. The number of hydrogen-bond acceptors (Lipinski definition) is 4. The predicted octanol–water partition coefficient (Wildman–Crippen LogP) is 3.33. The van der Waals surface area contributed by atoms with Crippen molar-refractivity contribution in [3.63, 3.8) is 0 Å². The molecule has 4 aromatic rings. The van der Waals surface area contributed by atoms with E-state index in [-0.39, 0.29) is 23.3 Å². The smallest absolute Gasteiger partial charge is 0.294 e. The molecule has 0 radical (unpaired) electrons. The standard InChI is InChI=1S/C23H21N5O2/c1-2-27(18-10-4-3-5-11-18)23(30)21-26-20(19-12-6-7-14-28(19)21)22(29)25-16-17-9-8-13-24-15-17/h3-15H,2,16H2,1H3,(H,25,29). The number of carbonyl (C=O) groups excluding carboxylic acids is 2. The zero-order valence-electron chi connectivity index (χ0n) is 16.5. The Hall–Kier alpha value is -4.00. The van der Waals surface area contributed by atoms with Gasteiger partial charge in [-0.2, -0.15) is 0 Å². The number of carbonyl (C=O) groups is 2. The number of imidazole rings is 1. The fourth-order valence-corrected chi connectivity index (χ4v) is 3.30. The monoisotopic (exact) mass is 399 g/mol. The minimum absolute atomic E-state index is 0.197. The molecule has 0 saturated carbocycles. The summed E-state index contributed by atoms with van der Waals surface area (Å²) >= 11 is 0. The maximum absolute atomic E-state index is 13.3. The summed E-state index contributed by atoms with van der Waals surface area (Å²) in [4.78, 5) is 36.3. The van der Waals surface area contributed by atoms with E-state index in [9.17, 15) is 9.59 Å². The number of aromatic nitrogens is 3. The van der Waals surface area contributed by atoms with Crippen LogP contribution in [0, 0.1) is 0 Å². The van der Waals surface area contributed by atoms with Gasteiger partial charge in [-0.1, -0.05) is 30.3 Å². The summed E-state index contributed by atoms with van der Waals surface area (Å²) in [6, 6.07) is 18.5. The molecule has 0 aliphatic heterocycles. The zero-order valence-corrected chi connectivity index (χ0v) is 16.5. The Morgan fingerprint density at radius 1 is 1.03 bits per heavy atom. The molecule has 0 spiro atoms. The van der Waals surface area contributed by atoms with Crippen LogP contribution in [-0.2, 0) is 6.54 Å². The van der Waals surface area contributed by atoms with Crippen molar-refractivity contribution in [2.75, 3.05) is 11.4 Å². The van der Waals surface area contributed by atoms with Gasteiger partial charge in [0.25, 0.3) is 11.8 Å². The van der Waals surface area contributed by atoms with Crippen LogP contribution in [-0.4, -0.2) is 32.7 Å². The largest absolute Gasteiger partial charge is 0.346 e. The van der Waals surface area contributed by atoms with Crippen LogP contribution in [0.3, 0.4) is 0 Å². The van der Waals surface area contributed by atoms with Crippen LogP contribution >= 0.6 is 0 Å². The highest BCUT2D eigenvalue weighted by Gasteiger charge is 2.25. The first kappa shape index (κ1) is 19.3. The molecule has 2 amide bonds. The second-order valence-corrected chi connectivity index (χ2v) is 6.67. The number of nitrogens with one attached hydrogen (secondary N) is 1. The van der Waals surface area contributed by atoms with Gasteiger partial charge in [-0.05, 0) is 42.8 Å². The number of hydrogen-bond donors (Lipinski definition) is 1. The maximum atomic E-state index is 13.3. The van der Waals surface area contributed by atoms with Crippen LogP contribution in [0.15, 0.2) is 79.3 Å². The van der Waals surface area contributed by atoms with E-state index in [2.05, 4.69) is 15.3 Å². The lowest BCUT2D eigenvalue weighted by Crippen LogP contribution is -2.32. The summed E-state index contributed by atoms with van der Waals surface area (Å²) in [5.74, 6) is -0.414. The van der Waals surface area contributed by atoms with Gasteiger partial charge in [0.05, 0.1) is 5.52 Å². The van der Waals surface area contributed by atoms with E-state index in [0.29, 0.717) is 18.6 Å². The summed E-state index contributed by atoms with van der Waals surface area (Å²) in [5.41, 5.74) is 2.45. The van der Waals surface area contributed by atoms with E-state index in [1.165, 1.54) is 0 Å². The van der Waals surface area contributed by atoms with Crippen molar-refractivity contribution in [3.8, 4) is 0 Å². The highest BCUT2D eigenvalue weighted by molar-refractivity contribution is 6.07. The molecule has 0 unspecified atom stereocenters. The van der Waals surface area contributed by atoms with Gasteiger partial charge in [-0.3, -0.25) is 19.0 Å². The summed E-state index contributed by atoms with van der Waals surface area (Å²) in [7, 11) is 0. The van der Waals surface area contributed by atoms with E-state index in [4.69, 9.17) is 0 Å². The van der Waals surface area contributed by atoms with Gasteiger partial charge in [-0.15, -0.1) is 0 Å². The number of benzene rings is 1. The Balaban J connectivity index is 1.66. The van der Waals surface area contributed by atoms with Gasteiger partial charge in [0.15, 0.2) is 5.69 Å². The lowest BCUT2D eigenvalue weighted by Gasteiger charge is -2.20. The Bertz CT molecular complexity index is 1170. The third-order valence-corrected chi connectivity index (χ3v) is 4.76. The Kier molecular flexibility index (Phi) is 5.52. The third kappa shape index (κ3) is 3.77. The number of nitrogens with zero attached hydrogens (tertiary/aromatic N) is 4. The molecule has 0 aliphatic rings. The first-order valence-corrected chi connectivity index (χ1v) is 9.70. The van der Waals surface area contributed by atoms with Crippen LogP contribution in [0.25, 0.3) is 5.52 Å². The molecule has 30 heavy (non-hydrogen) atoms. The second kappa shape index (κ2) is 8.57. The van der Waals surface area contributed by atoms with E-state index in [0.717, 1.165) is 11.3 Å². The van der Waals surface area contributed by atoms with E-state index in [1.54, 1.807) is 34.0 Å². The van der Waals surface area contributed by atoms with Crippen molar-refractivity contribution in [1.82, 2.24) is 19.7 Å². The average Bonchev–Trinajstić information content (AvgIpc) is 3.19. The van der Waals surface area contributed by atoms with Crippen molar-refractivity contribution in [2.45, 2.75) is 13.5 Å². The summed E-state index contributed by atoms with van der Waals surface area (Å²) in [6.45, 7) is 2.71. The molecule has 7 nitrogen and oxygen atoms in total. The highest BCUT2D eigenvalue weighted by Crippen LogP contribution is 2.19. The molecule has 3 heterocycles. The normalized spacial score (nSPS) is 10.7. The Labute approximate surface area is 174 Å². The van der Waals surface area contributed by atoms with Gasteiger partial charge in [-0.25, -0.2) is 4.98 Å². The van der Waals surface area contributed by atoms with Crippen LogP contribution in [0.1, 0.15) is 33.6 Å². The molecular formula is C23H21N5O2. The Morgan fingerprint density at radius 3 is 2.57 bits per heavy atom. The van der Waals surface area contributed by atoms with E-state index >= 15 is 0 Å². The third-order valence-electron chi connectivity index (χ3n) is 4.76. The first-order chi connectivity index (χ1) is 14.7. The van der Waals surface area contributed by atoms with Crippen LogP contribution in [0.4, 0.5) is 5.69 Å². The SMILES string of the molecule is CCN(C(=O)c1nc(C(=O)NCc2cccnc2)c2ccccn12)c1ccccc1. The second-order valence-electron chi connectivity index (χ2n) is 6.67. The number of amides is 2. The topological polar surface area (TPSA) is 79.6 Å². The van der Waals surface area contributed by atoms with Gasteiger partial charge in [0.1, 0.15) is 0 Å². The highest BCUT2D eigenvalue weighted by atomic mass is 16.2. The van der Waals surface area contributed by atoms with E-state index < -0.39 is 0 Å². The number of pyridine rings is 2. The summed E-state index contributed by atoms with van der Waals surface area (Å²) in [5, 5.41) is 2.85. The quantitative estimate of drug-likeness (QED) is 0.539. The number of fused-ring (bicyclic) bond motifs is 1. The number of anilines is 1. The van der Waals surface area contributed by atoms with Crippen molar-refractivity contribution in [3.05, 3.63) is 96.3 Å². The fourth-order valence-electron chi connectivity index (χ4n) is 3.30. The fraction of sp³-hybridized carbons (Fsp3) is 0.130. The molecule has 0 saturated heterocycles. The molecule has 3 aromatic heterocycles. The molecule has 0 fully saturated rings. The maximum Gasteiger partial charge on any atom is 0.294 e. The van der Waals surface area contributed by atoms with Gasteiger partial charge in [0, 0.05) is 37.4 Å².